The maximum atomic E-state index is 12.0. The van der Waals surface area contributed by atoms with Gasteiger partial charge in [-0.2, -0.15) is 0 Å². The Bertz CT molecular complexity index is 529. The molecule has 1 aromatic carbocycles. The summed E-state index contributed by atoms with van der Waals surface area (Å²) < 4.78 is 4.66. The van der Waals surface area contributed by atoms with Crippen molar-refractivity contribution in [3.8, 4) is 0 Å². The second-order valence-corrected chi connectivity index (χ2v) is 3.95. The molecule has 0 saturated carbocycles. The molecular weight excluding hydrogens is 264 g/mol. The molecule has 0 heterocycles. The Morgan fingerprint density at radius 3 is 2.50 bits per heavy atom. The van der Waals surface area contributed by atoms with Crippen molar-refractivity contribution in [1.29, 1.82) is 0 Å². The number of ether oxygens (including phenoxy) is 1. The van der Waals surface area contributed by atoms with Crippen molar-refractivity contribution in [2.24, 2.45) is 5.73 Å². The van der Waals surface area contributed by atoms with Crippen molar-refractivity contribution in [1.82, 2.24) is 0 Å². The van der Waals surface area contributed by atoms with E-state index in [9.17, 15) is 14.4 Å². The van der Waals surface area contributed by atoms with E-state index in [1.54, 1.807) is 13.0 Å². The van der Waals surface area contributed by atoms with E-state index in [0.717, 1.165) is 4.90 Å². The molecule has 0 spiro atoms. The number of amides is 1. The van der Waals surface area contributed by atoms with E-state index in [1.165, 1.54) is 25.2 Å². The highest BCUT2D eigenvalue weighted by Gasteiger charge is 2.28. The molecule has 108 valence electrons. The minimum Gasteiger partial charge on any atom is -0.478 e. The molecule has 0 aliphatic carbocycles. The number of anilines is 1. The van der Waals surface area contributed by atoms with Crippen LogP contribution >= 0.6 is 0 Å². The summed E-state index contributed by atoms with van der Waals surface area (Å²) in [6.45, 7) is 1.70. The van der Waals surface area contributed by atoms with Gasteiger partial charge < -0.3 is 20.5 Å². The number of carbonyl (C=O) groups excluding carboxylic acids is 2. The lowest BCUT2D eigenvalue weighted by molar-refractivity contribution is -0.147. The van der Waals surface area contributed by atoms with Gasteiger partial charge in [0.25, 0.3) is 5.91 Å². The molecule has 7 heteroatoms. The van der Waals surface area contributed by atoms with Gasteiger partial charge in [-0.1, -0.05) is 12.1 Å². The van der Waals surface area contributed by atoms with E-state index in [-0.39, 0.29) is 17.9 Å². The molecule has 0 aromatic heterocycles. The number of rotatable bonds is 5. The highest BCUT2D eigenvalue weighted by atomic mass is 16.5. The summed E-state index contributed by atoms with van der Waals surface area (Å²) in [4.78, 5) is 35.6. The molecular formula is C13H16N2O5. The van der Waals surface area contributed by atoms with E-state index in [2.05, 4.69) is 4.74 Å². The Morgan fingerprint density at radius 1 is 1.35 bits per heavy atom. The summed E-state index contributed by atoms with van der Waals surface area (Å²) in [6, 6.07) is 4.45. The molecule has 0 saturated heterocycles. The molecule has 1 rings (SSSR count). The molecule has 1 unspecified atom stereocenters. The predicted octanol–water partition coefficient (Wildman–Crippen LogP) is 0.238. The Kier molecular flexibility index (Phi) is 5.22. The van der Waals surface area contributed by atoms with Crippen LogP contribution in [0, 0.1) is 0 Å². The third-order valence-electron chi connectivity index (χ3n) is 2.63. The van der Waals surface area contributed by atoms with Gasteiger partial charge in [0.05, 0.1) is 17.9 Å². The summed E-state index contributed by atoms with van der Waals surface area (Å²) >= 11 is 0. The van der Waals surface area contributed by atoms with Crippen molar-refractivity contribution in [2.45, 2.75) is 13.0 Å². The fourth-order valence-electron chi connectivity index (χ4n) is 1.61. The zero-order chi connectivity index (χ0) is 15.3. The number of hydrogen-bond donors (Lipinski definition) is 2. The zero-order valence-corrected chi connectivity index (χ0v) is 11.2. The van der Waals surface area contributed by atoms with Crippen LogP contribution in [-0.2, 0) is 14.3 Å². The summed E-state index contributed by atoms with van der Waals surface area (Å²) in [5.74, 6) is -2.76. The first-order valence-corrected chi connectivity index (χ1v) is 5.92. The van der Waals surface area contributed by atoms with Gasteiger partial charge in [0.15, 0.2) is 6.04 Å². The smallest absolute Gasteiger partial charge is 0.337 e. The molecule has 3 N–H and O–H groups in total. The zero-order valence-electron chi connectivity index (χ0n) is 11.2. The maximum absolute atomic E-state index is 12.0. The van der Waals surface area contributed by atoms with Gasteiger partial charge in [0.1, 0.15) is 0 Å². The summed E-state index contributed by atoms with van der Waals surface area (Å²) in [5, 5.41) is 9.07. The molecule has 1 aromatic rings. The first-order chi connectivity index (χ1) is 9.40. The average Bonchev–Trinajstić information content (AvgIpc) is 2.45. The van der Waals surface area contributed by atoms with Crippen molar-refractivity contribution < 1.29 is 24.2 Å². The number of carbonyl (C=O) groups is 3. The van der Waals surface area contributed by atoms with E-state index >= 15 is 0 Å². The number of nitrogens with two attached hydrogens (primary N) is 1. The largest absolute Gasteiger partial charge is 0.478 e. The van der Waals surface area contributed by atoms with Crippen LogP contribution in [-0.4, -0.2) is 42.6 Å². The van der Waals surface area contributed by atoms with Gasteiger partial charge in [-0.05, 0) is 19.1 Å². The number of benzene rings is 1. The molecule has 7 nitrogen and oxygen atoms in total. The highest BCUT2D eigenvalue weighted by Crippen LogP contribution is 2.19. The third kappa shape index (κ3) is 3.33. The molecule has 1 amide bonds. The maximum Gasteiger partial charge on any atom is 0.337 e. The van der Waals surface area contributed by atoms with Gasteiger partial charge in [-0.15, -0.1) is 0 Å². The highest BCUT2D eigenvalue weighted by molar-refractivity contribution is 6.11. The van der Waals surface area contributed by atoms with Gasteiger partial charge >= 0.3 is 11.9 Å². The van der Waals surface area contributed by atoms with Crippen LogP contribution in [0.4, 0.5) is 5.69 Å². The average molecular weight is 280 g/mol. The van der Waals surface area contributed by atoms with Gasteiger partial charge in [-0.3, -0.25) is 4.79 Å². The fraction of sp³-hybridized carbons (Fsp3) is 0.308. The van der Waals surface area contributed by atoms with Gasteiger partial charge in [-0.25, -0.2) is 9.59 Å². The van der Waals surface area contributed by atoms with E-state index in [1.807, 2.05) is 0 Å². The number of para-hydroxylation sites is 1. The quantitative estimate of drug-likeness (QED) is 0.590. The lowest BCUT2D eigenvalue weighted by atomic mass is 10.1. The monoisotopic (exact) mass is 280 g/mol. The molecule has 0 bridgehead atoms. The second-order valence-electron chi connectivity index (χ2n) is 3.95. The number of esters is 1. The van der Waals surface area contributed by atoms with Crippen LogP contribution in [0.5, 0.6) is 0 Å². The third-order valence-corrected chi connectivity index (χ3v) is 2.63. The lowest BCUT2D eigenvalue weighted by Gasteiger charge is -2.21. The van der Waals surface area contributed by atoms with Crippen LogP contribution in [0.2, 0.25) is 0 Å². The number of carboxylic acids is 1. The fourth-order valence-corrected chi connectivity index (χ4v) is 1.61. The van der Waals surface area contributed by atoms with Crippen LogP contribution in [0.15, 0.2) is 24.3 Å². The summed E-state index contributed by atoms with van der Waals surface area (Å²) in [5.41, 5.74) is 5.60. The summed E-state index contributed by atoms with van der Waals surface area (Å²) in [6.07, 6.45) is 0. The first kappa shape index (κ1) is 15.6. The molecule has 20 heavy (non-hydrogen) atoms. The Hall–Kier alpha value is -2.41. The molecule has 0 fully saturated rings. The summed E-state index contributed by atoms with van der Waals surface area (Å²) in [7, 11) is 1.35. The molecule has 0 radical (unpaired) electrons. The second kappa shape index (κ2) is 6.67. The van der Waals surface area contributed by atoms with Crippen LogP contribution < -0.4 is 10.6 Å². The van der Waals surface area contributed by atoms with Gasteiger partial charge in [0.2, 0.25) is 0 Å². The van der Waals surface area contributed by atoms with Crippen LogP contribution in [0.3, 0.4) is 0 Å². The Morgan fingerprint density at radius 2 is 1.95 bits per heavy atom. The molecule has 0 aliphatic heterocycles. The minimum absolute atomic E-state index is 0.0561. The topological polar surface area (TPSA) is 110 Å². The molecule has 0 aliphatic rings. The van der Waals surface area contributed by atoms with Crippen molar-refractivity contribution in [3.05, 3.63) is 29.8 Å². The molecule has 1 atom stereocenters. The first-order valence-electron chi connectivity index (χ1n) is 5.92. The van der Waals surface area contributed by atoms with E-state index in [4.69, 9.17) is 10.8 Å². The number of aromatic carboxylic acids is 1. The minimum atomic E-state index is -1.48. The van der Waals surface area contributed by atoms with Crippen molar-refractivity contribution in [2.75, 3.05) is 18.6 Å². The number of hydrogen-bond acceptors (Lipinski definition) is 5. The lowest BCUT2D eigenvalue weighted by Crippen LogP contribution is -2.48. The normalized spacial score (nSPS) is 11.6. The number of carboxylic acid groups (broad SMARTS) is 1. The predicted molar refractivity (Wildman–Crippen MR) is 71.4 cm³/mol. The SMILES string of the molecule is CCOC(=O)C(N)C(=O)N(C)c1ccccc1C(=O)O. The van der Waals surface area contributed by atoms with Gasteiger partial charge in [0, 0.05) is 7.05 Å². The van der Waals surface area contributed by atoms with Crippen molar-refractivity contribution >= 4 is 23.5 Å². The van der Waals surface area contributed by atoms with Crippen LogP contribution in [0.25, 0.3) is 0 Å². The van der Waals surface area contributed by atoms with Crippen LogP contribution in [0.1, 0.15) is 17.3 Å². The Labute approximate surface area is 115 Å². The number of likely N-dealkylation sites (N-methyl/N-ethyl adjacent to an activating group) is 1. The van der Waals surface area contributed by atoms with E-state index in [0.29, 0.717) is 0 Å². The van der Waals surface area contributed by atoms with E-state index < -0.39 is 23.9 Å². The standard InChI is InChI=1S/C13H16N2O5/c1-3-20-13(19)10(14)11(16)15(2)9-7-5-4-6-8(9)12(17)18/h4-7,10H,3,14H2,1-2H3,(H,17,18). The number of nitrogens with zero attached hydrogens (tertiary/aromatic N) is 1. The van der Waals surface area contributed by atoms with Crippen molar-refractivity contribution in [3.63, 3.8) is 0 Å². The Balaban J connectivity index is 3.00.